The molecule has 3 aliphatic heterocycles. The van der Waals surface area contributed by atoms with Crippen molar-refractivity contribution < 1.29 is 42.7 Å². The van der Waals surface area contributed by atoms with Crippen LogP contribution in [0.5, 0.6) is 0 Å². The number of rotatable bonds is 5. The number of aryl methyl sites for hydroxylation is 1. The topological polar surface area (TPSA) is 175 Å². The maximum absolute atomic E-state index is 14.3. The average molecular weight is 687 g/mol. The Morgan fingerprint density at radius 3 is 2.35 bits per heavy atom. The van der Waals surface area contributed by atoms with Crippen LogP contribution >= 0.6 is 0 Å². The van der Waals surface area contributed by atoms with E-state index in [4.69, 9.17) is 4.74 Å². The SMILES string of the molecule is CC(=O)N[C@@H](Cc1cc(C)cc(F)c1)C(=O)N[C@@H]1C(=O)N2CCC[C@H]2C(=O)N(C)[C@@H](C)C(=O)N[C@@H](C)C(=O)N2C[C@@H](C)CC2C(=O)O[C@H]1C. The molecule has 0 aromatic heterocycles. The molecule has 0 bridgehead atoms. The first kappa shape index (κ1) is 37.3. The van der Waals surface area contributed by atoms with Crippen LogP contribution in [0.25, 0.3) is 0 Å². The molecule has 8 atom stereocenters. The van der Waals surface area contributed by atoms with Crippen LogP contribution < -0.4 is 16.0 Å². The number of amides is 6. The first-order chi connectivity index (χ1) is 23.0. The summed E-state index contributed by atoms with van der Waals surface area (Å²) in [6, 6.07) is -2.49. The standard InChI is InChI=1S/C34H47FN6O8/c1-17-11-23(14-24(35)12-17)15-25(37-22(6)42)30(44)38-28-21(5)49-34(48)27-13-18(2)16-41(27)31(45)19(3)36-29(43)20(4)39(7)32(46)26-9-8-10-40(26)33(28)47/h11-12,14,18-21,25-28H,8-10,13,15-16H2,1-7H3,(H,36,43)(H,37,42)(H,38,44)/t18-,19-,20-,21-,25-,26-,27?,28-/m0/s1. The Kier molecular flexibility index (Phi) is 11.7. The molecule has 49 heavy (non-hydrogen) atoms. The molecule has 14 nitrogen and oxygen atoms in total. The minimum atomic E-state index is -1.50. The van der Waals surface area contributed by atoms with Crippen molar-refractivity contribution in [3.05, 3.63) is 35.1 Å². The Labute approximate surface area is 285 Å². The first-order valence-corrected chi connectivity index (χ1v) is 16.7. The molecule has 0 radical (unpaired) electrons. The number of fused-ring (bicyclic) bond motifs is 2. The number of carbonyl (C=O) groups excluding carboxylic acids is 7. The molecule has 0 saturated carbocycles. The van der Waals surface area contributed by atoms with E-state index >= 15 is 0 Å². The Morgan fingerprint density at radius 2 is 1.69 bits per heavy atom. The third-order valence-electron chi connectivity index (χ3n) is 9.49. The predicted octanol–water partition coefficient (Wildman–Crippen LogP) is 0.191. The number of hydrogen-bond acceptors (Lipinski definition) is 8. The number of nitrogens with one attached hydrogen (secondary N) is 3. The van der Waals surface area contributed by atoms with Crippen LogP contribution in [0.15, 0.2) is 18.2 Å². The molecule has 15 heteroatoms. The highest BCUT2D eigenvalue weighted by Crippen LogP contribution is 2.27. The fraction of sp³-hybridized carbons (Fsp3) is 0.618. The Hall–Kier alpha value is -4.56. The lowest BCUT2D eigenvalue weighted by Crippen LogP contribution is -2.62. The van der Waals surface area contributed by atoms with Gasteiger partial charge in [-0.1, -0.05) is 13.0 Å². The number of ether oxygens (including phenoxy) is 1. The van der Waals surface area contributed by atoms with Crippen LogP contribution in [0.2, 0.25) is 0 Å². The van der Waals surface area contributed by atoms with Crippen LogP contribution in [0.1, 0.15) is 65.0 Å². The molecule has 3 heterocycles. The highest BCUT2D eigenvalue weighted by atomic mass is 19.1. The van der Waals surface area contributed by atoms with Gasteiger partial charge in [-0.2, -0.15) is 0 Å². The van der Waals surface area contributed by atoms with E-state index in [1.54, 1.807) is 13.0 Å². The van der Waals surface area contributed by atoms with Gasteiger partial charge in [0, 0.05) is 33.5 Å². The lowest BCUT2D eigenvalue weighted by atomic mass is 10.0. The molecule has 3 aliphatic rings. The van der Waals surface area contributed by atoms with E-state index in [-0.39, 0.29) is 38.3 Å². The van der Waals surface area contributed by atoms with Gasteiger partial charge in [-0.25, -0.2) is 9.18 Å². The molecule has 4 rings (SSSR count). The van der Waals surface area contributed by atoms with Crippen molar-refractivity contribution >= 4 is 41.4 Å². The maximum atomic E-state index is 14.3. The smallest absolute Gasteiger partial charge is 0.329 e. The summed E-state index contributed by atoms with van der Waals surface area (Å²) in [6.07, 6.45) is -0.356. The van der Waals surface area contributed by atoms with Crippen molar-refractivity contribution in [3.63, 3.8) is 0 Å². The van der Waals surface area contributed by atoms with E-state index in [1.165, 1.54) is 61.6 Å². The molecule has 6 amide bonds. The average Bonchev–Trinajstić information content (AvgIpc) is 3.67. The lowest BCUT2D eigenvalue weighted by molar-refractivity contribution is -0.162. The zero-order valence-corrected chi connectivity index (χ0v) is 29.1. The third-order valence-corrected chi connectivity index (χ3v) is 9.49. The number of likely N-dealkylation sites (N-methyl/N-ethyl adjacent to an activating group) is 1. The van der Waals surface area contributed by atoms with Gasteiger partial charge in [0.1, 0.15) is 48.2 Å². The minimum Gasteiger partial charge on any atom is -0.458 e. The number of nitrogens with zero attached hydrogens (tertiary/aromatic N) is 3. The van der Waals surface area contributed by atoms with Crippen molar-refractivity contribution in [1.29, 1.82) is 0 Å². The molecule has 1 aromatic carbocycles. The van der Waals surface area contributed by atoms with E-state index in [0.717, 1.165) is 0 Å². The number of esters is 1. The molecule has 0 spiro atoms. The van der Waals surface area contributed by atoms with Crippen molar-refractivity contribution in [2.75, 3.05) is 20.1 Å². The summed E-state index contributed by atoms with van der Waals surface area (Å²) in [5, 5.41) is 7.86. The van der Waals surface area contributed by atoms with Crippen molar-refractivity contribution in [3.8, 4) is 0 Å². The minimum absolute atomic E-state index is 0.0724. The van der Waals surface area contributed by atoms with Crippen LogP contribution in [0, 0.1) is 18.7 Å². The largest absolute Gasteiger partial charge is 0.458 e. The van der Waals surface area contributed by atoms with Crippen LogP contribution in [0.4, 0.5) is 4.39 Å². The quantitative estimate of drug-likeness (QED) is 0.368. The number of carbonyl (C=O) groups is 7. The van der Waals surface area contributed by atoms with Gasteiger partial charge >= 0.3 is 5.97 Å². The van der Waals surface area contributed by atoms with Crippen molar-refractivity contribution in [1.82, 2.24) is 30.7 Å². The van der Waals surface area contributed by atoms with Crippen LogP contribution in [-0.4, -0.2) is 119 Å². The fourth-order valence-electron chi connectivity index (χ4n) is 6.81. The molecule has 3 N–H and O–H groups in total. The first-order valence-electron chi connectivity index (χ1n) is 16.7. The monoisotopic (exact) mass is 686 g/mol. The molecule has 268 valence electrons. The number of halogens is 1. The van der Waals surface area contributed by atoms with Crippen molar-refractivity contribution in [2.45, 2.75) is 110 Å². The highest BCUT2D eigenvalue weighted by Gasteiger charge is 2.46. The molecular formula is C34H47FN6O8. The van der Waals surface area contributed by atoms with E-state index in [9.17, 15) is 38.0 Å². The molecule has 1 aromatic rings. The second kappa shape index (κ2) is 15.3. The van der Waals surface area contributed by atoms with Gasteiger partial charge in [0.2, 0.25) is 35.4 Å². The van der Waals surface area contributed by atoms with Crippen LogP contribution in [-0.2, 0) is 44.7 Å². The number of cyclic esters (lactones) is 1. The van der Waals surface area contributed by atoms with E-state index in [0.29, 0.717) is 17.5 Å². The molecular weight excluding hydrogens is 639 g/mol. The summed E-state index contributed by atoms with van der Waals surface area (Å²) in [4.78, 5) is 98.2. The van der Waals surface area contributed by atoms with Gasteiger partial charge in [-0.05, 0) is 76.1 Å². The Balaban J connectivity index is 1.71. The van der Waals surface area contributed by atoms with Gasteiger partial charge in [0.25, 0.3) is 0 Å². The third kappa shape index (κ3) is 8.54. The van der Waals surface area contributed by atoms with Crippen molar-refractivity contribution in [2.24, 2.45) is 5.92 Å². The fourth-order valence-corrected chi connectivity index (χ4v) is 6.81. The molecule has 3 fully saturated rings. The van der Waals surface area contributed by atoms with E-state index in [1.807, 2.05) is 6.92 Å². The Bertz CT molecular complexity index is 1480. The zero-order valence-electron chi connectivity index (χ0n) is 29.1. The van der Waals surface area contributed by atoms with Gasteiger partial charge in [-0.15, -0.1) is 0 Å². The summed E-state index contributed by atoms with van der Waals surface area (Å²) < 4.78 is 20.0. The maximum Gasteiger partial charge on any atom is 0.329 e. The normalized spacial score (nSPS) is 29.2. The molecule has 3 saturated heterocycles. The van der Waals surface area contributed by atoms with Gasteiger partial charge in [-0.3, -0.25) is 28.8 Å². The Morgan fingerprint density at radius 1 is 1.00 bits per heavy atom. The lowest BCUT2D eigenvalue weighted by Gasteiger charge is -2.36. The summed E-state index contributed by atoms with van der Waals surface area (Å²) in [5.74, 6) is -5.02. The molecule has 0 aliphatic carbocycles. The van der Waals surface area contributed by atoms with Gasteiger partial charge < -0.3 is 35.4 Å². The molecule has 1 unspecified atom stereocenters. The summed E-state index contributed by atoms with van der Waals surface area (Å²) in [6.45, 7) is 9.61. The second-order valence-electron chi connectivity index (χ2n) is 13.6. The zero-order chi connectivity index (χ0) is 36.3. The summed E-state index contributed by atoms with van der Waals surface area (Å²) in [7, 11) is 1.44. The number of hydrogen-bond donors (Lipinski definition) is 3. The summed E-state index contributed by atoms with van der Waals surface area (Å²) in [5.41, 5.74) is 1.03. The highest BCUT2D eigenvalue weighted by molar-refractivity contribution is 5.97. The van der Waals surface area contributed by atoms with Crippen LogP contribution in [0.3, 0.4) is 0 Å². The number of benzene rings is 1. The van der Waals surface area contributed by atoms with E-state index in [2.05, 4.69) is 16.0 Å². The summed E-state index contributed by atoms with van der Waals surface area (Å²) >= 11 is 0. The predicted molar refractivity (Wildman–Crippen MR) is 174 cm³/mol. The second-order valence-corrected chi connectivity index (χ2v) is 13.6. The van der Waals surface area contributed by atoms with Gasteiger partial charge in [0.15, 0.2) is 0 Å². The van der Waals surface area contributed by atoms with E-state index < -0.39 is 89.6 Å². The van der Waals surface area contributed by atoms with Gasteiger partial charge in [0.05, 0.1) is 0 Å².